The molecule has 230 valence electrons. The number of nitrogens with zero attached hydrogens (tertiary/aromatic N) is 2. The first-order chi connectivity index (χ1) is 21.3. The molecule has 1 saturated carbocycles. The second kappa shape index (κ2) is 11.3. The molecule has 7 rings (SSSR count). The van der Waals surface area contributed by atoms with Crippen LogP contribution in [0.2, 0.25) is 0 Å². The number of benzene rings is 2. The second-order valence-electron chi connectivity index (χ2n) is 13.4. The average molecular weight is 595 g/mol. The lowest BCUT2D eigenvalue weighted by Gasteiger charge is -2.65. The summed E-state index contributed by atoms with van der Waals surface area (Å²) in [6, 6.07) is 18.7. The molecule has 3 heterocycles. The van der Waals surface area contributed by atoms with Gasteiger partial charge in [-0.3, -0.25) is 14.5 Å². The fourth-order valence-electron chi connectivity index (χ4n) is 8.93. The molecule has 5 atom stereocenters. The van der Waals surface area contributed by atoms with E-state index >= 15 is 0 Å². The number of ether oxygens (including phenoxy) is 2. The lowest BCUT2D eigenvalue weighted by atomic mass is 9.48. The van der Waals surface area contributed by atoms with E-state index in [0.29, 0.717) is 19.4 Å². The van der Waals surface area contributed by atoms with Gasteiger partial charge in [-0.05, 0) is 73.9 Å². The highest BCUT2D eigenvalue weighted by Crippen LogP contribution is 2.65. The number of esters is 1. The van der Waals surface area contributed by atoms with Gasteiger partial charge < -0.3 is 18.8 Å². The summed E-state index contributed by atoms with van der Waals surface area (Å²) in [5.41, 5.74) is 3.40. The largest absolute Gasteiger partial charge is 0.487 e. The number of amides is 1. The fourth-order valence-corrected chi connectivity index (χ4v) is 8.93. The number of carbonyl (C=O) groups is 2. The fraction of sp³-hybridized carbons (Fsp3) is 0.459. The molecule has 2 aliphatic heterocycles. The summed E-state index contributed by atoms with van der Waals surface area (Å²) in [4.78, 5) is 31.6. The zero-order valence-corrected chi connectivity index (χ0v) is 25.9. The lowest BCUT2D eigenvalue weighted by Crippen LogP contribution is -2.79. The standard InChI is InChI=1S/C37H42N2O5/c1-25(2)23-39(33(41)13-12-28-16-21-42-24-28)30-14-17-37(44-26(3)40)32-22-29-10-7-11-31-34(29)36(37,35(30)43-31)18-20-38(32)19-15-27-8-5-4-6-9-27/h4-13,16,21,24-25,30,32,35H,14-15,17-20,22-23H2,1-3H3/b13-12+/t30-,32-,35+,36+,37-/m1/s1. The van der Waals surface area contributed by atoms with Gasteiger partial charge in [0.2, 0.25) is 5.91 Å². The second-order valence-corrected chi connectivity index (χ2v) is 13.4. The molecule has 44 heavy (non-hydrogen) atoms. The van der Waals surface area contributed by atoms with Crippen molar-refractivity contribution in [3.63, 3.8) is 0 Å². The average Bonchev–Trinajstić information content (AvgIpc) is 3.64. The van der Waals surface area contributed by atoms with Crippen molar-refractivity contribution >= 4 is 18.0 Å². The molecule has 0 N–H and O–H groups in total. The van der Waals surface area contributed by atoms with Crippen molar-refractivity contribution in [3.8, 4) is 5.75 Å². The molecule has 2 fully saturated rings. The van der Waals surface area contributed by atoms with E-state index in [-0.39, 0.29) is 36.0 Å². The third-order valence-electron chi connectivity index (χ3n) is 10.5. The Balaban J connectivity index is 1.29. The summed E-state index contributed by atoms with van der Waals surface area (Å²) < 4.78 is 18.9. The number of piperidine rings is 1. The maximum absolute atomic E-state index is 14.0. The number of hydrogen-bond acceptors (Lipinski definition) is 6. The van der Waals surface area contributed by atoms with E-state index < -0.39 is 11.0 Å². The van der Waals surface area contributed by atoms with Crippen LogP contribution in [0.3, 0.4) is 0 Å². The Kier molecular flexibility index (Phi) is 7.40. The lowest BCUT2D eigenvalue weighted by molar-refractivity contribution is -0.224. The van der Waals surface area contributed by atoms with Crippen LogP contribution in [-0.2, 0) is 32.6 Å². The number of likely N-dealkylation sites (tertiary alicyclic amines) is 1. The maximum Gasteiger partial charge on any atom is 0.303 e. The third-order valence-corrected chi connectivity index (χ3v) is 10.5. The molecular formula is C37H42N2O5. The van der Waals surface area contributed by atoms with Crippen LogP contribution in [0.5, 0.6) is 5.75 Å². The first-order valence-corrected chi connectivity index (χ1v) is 16.1. The highest BCUT2D eigenvalue weighted by atomic mass is 16.6. The van der Waals surface area contributed by atoms with Gasteiger partial charge in [-0.15, -0.1) is 0 Å². The van der Waals surface area contributed by atoms with Crippen molar-refractivity contribution in [2.45, 2.75) is 82.1 Å². The summed E-state index contributed by atoms with van der Waals surface area (Å²) in [6.07, 6.45) is 10.4. The molecule has 2 aromatic carbocycles. The summed E-state index contributed by atoms with van der Waals surface area (Å²) in [5.74, 6) is 0.881. The normalized spacial score (nSPS) is 28.5. The topological polar surface area (TPSA) is 72.2 Å². The van der Waals surface area contributed by atoms with Crippen molar-refractivity contribution in [2.24, 2.45) is 5.92 Å². The van der Waals surface area contributed by atoms with Gasteiger partial charge in [-0.2, -0.15) is 0 Å². The molecule has 0 radical (unpaired) electrons. The van der Waals surface area contributed by atoms with Crippen LogP contribution in [0.4, 0.5) is 0 Å². The maximum atomic E-state index is 14.0. The van der Waals surface area contributed by atoms with Gasteiger partial charge in [0.25, 0.3) is 0 Å². The Labute approximate surface area is 259 Å². The van der Waals surface area contributed by atoms with Crippen LogP contribution in [0.15, 0.2) is 77.6 Å². The highest BCUT2D eigenvalue weighted by molar-refractivity contribution is 5.92. The molecule has 1 saturated heterocycles. The molecule has 2 aliphatic carbocycles. The van der Waals surface area contributed by atoms with Gasteiger partial charge in [-0.1, -0.05) is 56.3 Å². The van der Waals surface area contributed by atoms with Gasteiger partial charge >= 0.3 is 5.97 Å². The summed E-state index contributed by atoms with van der Waals surface area (Å²) in [7, 11) is 0. The van der Waals surface area contributed by atoms with E-state index in [0.717, 1.165) is 43.7 Å². The van der Waals surface area contributed by atoms with Crippen LogP contribution >= 0.6 is 0 Å². The van der Waals surface area contributed by atoms with Crippen LogP contribution in [0, 0.1) is 5.92 Å². The van der Waals surface area contributed by atoms with E-state index in [1.54, 1.807) is 25.5 Å². The predicted molar refractivity (Wildman–Crippen MR) is 168 cm³/mol. The summed E-state index contributed by atoms with van der Waals surface area (Å²) in [6.45, 7) is 8.24. The molecule has 4 aliphatic rings. The van der Waals surface area contributed by atoms with Crippen LogP contribution < -0.4 is 4.74 Å². The van der Waals surface area contributed by atoms with Gasteiger partial charge in [0.15, 0.2) is 0 Å². The van der Waals surface area contributed by atoms with E-state index in [4.69, 9.17) is 13.9 Å². The molecule has 2 bridgehead atoms. The Morgan fingerprint density at radius 2 is 1.95 bits per heavy atom. The van der Waals surface area contributed by atoms with Crippen molar-refractivity contribution in [3.05, 3.63) is 95.5 Å². The Bertz CT molecular complexity index is 1550. The minimum atomic E-state index is -0.728. The van der Waals surface area contributed by atoms with Crippen molar-refractivity contribution < 1.29 is 23.5 Å². The van der Waals surface area contributed by atoms with Crippen molar-refractivity contribution in [1.82, 2.24) is 9.80 Å². The van der Waals surface area contributed by atoms with E-state index in [2.05, 4.69) is 67.3 Å². The van der Waals surface area contributed by atoms with E-state index in [1.165, 1.54) is 16.7 Å². The molecule has 7 nitrogen and oxygen atoms in total. The zero-order chi connectivity index (χ0) is 30.5. The SMILES string of the molecule is CC(=O)O[C@@]12CC[C@@H](N(CC(C)C)C(=O)/C=C/c3ccoc3)[C@@H]3Oc4cccc5c4[C@@]31CCN(CCc1ccccc1)[C@@H]2C5. The van der Waals surface area contributed by atoms with Crippen molar-refractivity contribution in [2.75, 3.05) is 19.6 Å². The highest BCUT2D eigenvalue weighted by Gasteiger charge is 2.75. The van der Waals surface area contributed by atoms with Crippen molar-refractivity contribution in [1.29, 1.82) is 0 Å². The summed E-state index contributed by atoms with van der Waals surface area (Å²) >= 11 is 0. The van der Waals surface area contributed by atoms with Crippen LogP contribution in [-0.4, -0.2) is 65.1 Å². The molecule has 1 spiro atoms. The monoisotopic (exact) mass is 594 g/mol. The number of carbonyl (C=O) groups excluding carboxylic acids is 2. The van der Waals surface area contributed by atoms with Gasteiger partial charge in [-0.25, -0.2) is 0 Å². The molecule has 1 aromatic heterocycles. The molecule has 1 amide bonds. The molecular weight excluding hydrogens is 552 g/mol. The van der Waals surface area contributed by atoms with Gasteiger partial charge in [0.05, 0.1) is 30.0 Å². The van der Waals surface area contributed by atoms with Gasteiger partial charge in [0, 0.05) is 37.2 Å². The van der Waals surface area contributed by atoms with E-state index in [1.807, 2.05) is 17.0 Å². The number of furan rings is 1. The first-order valence-electron chi connectivity index (χ1n) is 16.1. The Hall–Kier alpha value is -3.84. The molecule has 0 unspecified atom stereocenters. The minimum absolute atomic E-state index is 0.0336. The summed E-state index contributed by atoms with van der Waals surface area (Å²) in [5, 5.41) is 0. The zero-order valence-electron chi connectivity index (χ0n) is 25.9. The number of rotatable bonds is 9. The smallest absolute Gasteiger partial charge is 0.303 e. The molecule has 3 aromatic rings. The quantitative estimate of drug-likeness (QED) is 0.230. The van der Waals surface area contributed by atoms with Crippen LogP contribution in [0.25, 0.3) is 6.08 Å². The first kappa shape index (κ1) is 28.9. The predicted octanol–water partition coefficient (Wildman–Crippen LogP) is 5.81. The van der Waals surface area contributed by atoms with E-state index in [9.17, 15) is 9.59 Å². The minimum Gasteiger partial charge on any atom is -0.487 e. The number of hydrogen-bond donors (Lipinski definition) is 0. The van der Waals surface area contributed by atoms with Gasteiger partial charge in [0.1, 0.15) is 17.5 Å². The molecule has 7 heteroatoms. The third kappa shape index (κ3) is 4.59. The Morgan fingerprint density at radius 1 is 1.11 bits per heavy atom. The van der Waals surface area contributed by atoms with Crippen LogP contribution in [0.1, 0.15) is 62.3 Å². The Morgan fingerprint density at radius 3 is 2.70 bits per heavy atom.